The van der Waals surface area contributed by atoms with Gasteiger partial charge in [-0.3, -0.25) is 18.8 Å². The summed E-state index contributed by atoms with van der Waals surface area (Å²) in [6.45, 7) is 0.366. The summed E-state index contributed by atoms with van der Waals surface area (Å²) in [5.74, 6) is -1.45. The van der Waals surface area contributed by atoms with Crippen LogP contribution >= 0.6 is 0 Å². The molecule has 1 atom stereocenters. The molecule has 0 bridgehead atoms. The smallest absolute Gasteiger partial charge is 0.364 e. The van der Waals surface area contributed by atoms with Gasteiger partial charge < -0.3 is 10.5 Å². The highest BCUT2D eigenvalue weighted by Crippen LogP contribution is 2.43. The molecule has 236 valence electrons. The molecule has 7 nitrogen and oxygen atoms in total. The third kappa shape index (κ3) is 5.97. The van der Waals surface area contributed by atoms with E-state index in [1.54, 1.807) is 42.5 Å². The maximum Gasteiger partial charge on any atom is 0.416 e. The van der Waals surface area contributed by atoms with Gasteiger partial charge in [0.15, 0.2) is 0 Å². The van der Waals surface area contributed by atoms with Crippen molar-refractivity contribution in [3.05, 3.63) is 139 Å². The van der Waals surface area contributed by atoms with Crippen molar-refractivity contribution in [2.75, 3.05) is 13.1 Å². The van der Waals surface area contributed by atoms with Crippen LogP contribution in [-0.4, -0.2) is 27.1 Å². The van der Waals surface area contributed by atoms with Gasteiger partial charge in [-0.15, -0.1) is 0 Å². The molecule has 0 saturated carbocycles. The van der Waals surface area contributed by atoms with Crippen LogP contribution in [0.5, 0.6) is 0 Å². The van der Waals surface area contributed by atoms with Crippen molar-refractivity contribution in [1.82, 2.24) is 14.0 Å². The lowest BCUT2D eigenvalue weighted by Crippen LogP contribution is -2.49. The molecule has 1 aromatic heterocycles. The third-order valence-electron chi connectivity index (χ3n) is 8.81. The van der Waals surface area contributed by atoms with Crippen LogP contribution in [0.3, 0.4) is 0 Å². The molecule has 45 heavy (non-hydrogen) atoms. The van der Waals surface area contributed by atoms with E-state index in [9.17, 15) is 31.5 Å². The van der Waals surface area contributed by atoms with Crippen molar-refractivity contribution in [2.24, 2.45) is 5.73 Å². The fourth-order valence-corrected chi connectivity index (χ4v) is 6.41. The minimum atomic E-state index is -4.87. The molecule has 2 aliphatic heterocycles. The van der Waals surface area contributed by atoms with Crippen LogP contribution in [0.15, 0.2) is 82.4 Å². The van der Waals surface area contributed by atoms with Crippen LogP contribution < -0.4 is 17.0 Å². The topological polar surface area (TPSA) is 82.5 Å². The van der Waals surface area contributed by atoms with Gasteiger partial charge in [-0.2, -0.15) is 13.2 Å². The number of ether oxygens (including phenoxy) is 1. The molecule has 1 fully saturated rings. The first-order chi connectivity index (χ1) is 21.5. The van der Waals surface area contributed by atoms with Gasteiger partial charge in [0.2, 0.25) is 0 Å². The Morgan fingerprint density at radius 2 is 1.56 bits per heavy atom. The van der Waals surface area contributed by atoms with Crippen LogP contribution in [0.2, 0.25) is 0 Å². The van der Waals surface area contributed by atoms with Gasteiger partial charge in [0.1, 0.15) is 17.2 Å². The summed E-state index contributed by atoms with van der Waals surface area (Å²) in [5, 5.41) is 0. The van der Waals surface area contributed by atoms with E-state index in [-0.39, 0.29) is 30.2 Å². The molecule has 1 saturated heterocycles. The van der Waals surface area contributed by atoms with Crippen molar-refractivity contribution < 1.29 is 26.7 Å². The minimum absolute atomic E-state index is 0.137. The van der Waals surface area contributed by atoms with E-state index in [1.165, 1.54) is 12.1 Å². The maximum absolute atomic E-state index is 15.0. The molecule has 0 unspecified atom stereocenters. The molecular formula is C33H31F5N4O3. The largest absolute Gasteiger partial charge is 0.416 e. The summed E-state index contributed by atoms with van der Waals surface area (Å²) in [6, 6.07) is 16.8. The Labute approximate surface area is 255 Å². The van der Waals surface area contributed by atoms with Gasteiger partial charge in [-0.05, 0) is 48.2 Å². The third-order valence-corrected chi connectivity index (χ3v) is 8.81. The Balaban J connectivity index is 1.41. The predicted molar refractivity (Wildman–Crippen MR) is 156 cm³/mol. The molecule has 3 aromatic carbocycles. The molecule has 2 aliphatic rings. The number of alkyl halides is 3. The quantitative estimate of drug-likeness (QED) is 0.290. The molecule has 1 spiro atoms. The Morgan fingerprint density at radius 3 is 2.22 bits per heavy atom. The number of piperidine rings is 1. The minimum Gasteiger partial charge on any atom is -0.364 e. The Kier molecular flexibility index (Phi) is 8.23. The molecule has 2 N–H and O–H groups in total. The molecular weight excluding hydrogens is 595 g/mol. The fraction of sp³-hybridized carbons (Fsp3) is 0.333. The number of fused-ring (bicyclic) bond motifs is 2. The summed E-state index contributed by atoms with van der Waals surface area (Å²) in [6.07, 6.45) is -4.14. The van der Waals surface area contributed by atoms with Crippen LogP contribution in [0.1, 0.15) is 52.4 Å². The lowest BCUT2D eigenvalue weighted by atomic mass is 9.85. The average Bonchev–Trinajstić information content (AvgIpc) is 3.38. The van der Waals surface area contributed by atoms with Gasteiger partial charge >= 0.3 is 11.9 Å². The highest BCUT2D eigenvalue weighted by Gasteiger charge is 2.47. The monoisotopic (exact) mass is 626 g/mol. The molecule has 0 aliphatic carbocycles. The van der Waals surface area contributed by atoms with E-state index in [4.69, 9.17) is 10.5 Å². The van der Waals surface area contributed by atoms with Crippen molar-refractivity contribution in [1.29, 1.82) is 0 Å². The molecule has 6 rings (SSSR count). The number of aromatic nitrogens is 2. The zero-order valence-corrected chi connectivity index (χ0v) is 24.2. The number of hydrogen-bond acceptors (Lipinski definition) is 5. The van der Waals surface area contributed by atoms with Gasteiger partial charge in [0.25, 0.3) is 5.56 Å². The number of nitrogens with two attached hydrogens (primary N) is 1. The van der Waals surface area contributed by atoms with E-state index >= 15 is 0 Å². The number of nitrogens with zero attached hydrogens (tertiary/aromatic N) is 3. The zero-order valence-electron chi connectivity index (χ0n) is 24.2. The van der Waals surface area contributed by atoms with Crippen LogP contribution in [0.25, 0.3) is 0 Å². The van der Waals surface area contributed by atoms with Gasteiger partial charge in [0.05, 0.1) is 36.5 Å². The van der Waals surface area contributed by atoms with E-state index in [0.29, 0.717) is 38.0 Å². The second-order valence-electron chi connectivity index (χ2n) is 11.6. The fourth-order valence-electron chi connectivity index (χ4n) is 6.41. The van der Waals surface area contributed by atoms with E-state index in [1.807, 2.05) is 0 Å². The highest BCUT2D eigenvalue weighted by atomic mass is 19.4. The summed E-state index contributed by atoms with van der Waals surface area (Å²) in [4.78, 5) is 30.2. The number of rotatable bonds is 7. The summed E-state index contributed by atoms with van der Waals surface area (Å²) >= 11 is 0. The van der Waals surface area contributed by atoms with Crippen LogP contribution in [0, 0.1) is 11.6 Å². The summed E-state index contributed by atoms with van der Waals surface area (Å²) in [7, 11) is 0. The van der Waals surface area contributed by atoms with Crippen molar-refractivity contribution in [2.45, 2.75) is 56.9 Å². The van der Waals surface area contributed by atoms with Gasteiger partial charge in [-0.1, -0.05) is 48.5 Å². The van der Waals surface area contributed by atoms with Crippen molar-refractivity contribution in [3.63, 3.8) is 0 Å². The van der Waals surface area contributed by atoms with Crippen LogP contribution in [-0.2, 0) is 42.8 Å². The lowest BCUT2D eigenvalue weighted by Gasteiger charge is -2.39. The molecule has 4 aromatic rings. The number of benzene rings is 3. The number of hydrogen-bond donors (Lipinski definition) is 1. The first-order valence-corrected chi connectivity index (χ1v) is 14.6. The standard InChI is InChI=1S/C33H31F5N4O3/c34-23-11-9-21(10-12-23)17-40-15-13-32(14-16-40)29-28(20-45-32)41(18-24-25(33(36,37)38)7-4-8-26(24)35)31(44)42(30(29)43)19-27(39)22-5-2-1-3-6-22/h1-12,27H,13-20,39H2/t27-/m0/s1. The van der Waals surface area contributed by atoms with Crippen molar-refractivity contribution in [3.8, 4) is 0 Å². The van der Waals surface area contributed by atoms with Gasteiger partial charge in [-0.25, -0.2) is 13.6 Å². The molecule has 0 amide bonds. The van der Waals surface area contributed by atoms with Gasteiger partial charge in [0, 0.05) is 31.2 Å². The average molecular weight is 627 g/mol. The van der Waals surface area contributed by atoms with E-state index in [0.717, 1.165) is 32.9 Å². The lowest BCUT2D eigenvalue weighted by molar-refractivity contribution is -0.138. The molecule has 12 heteroatoms. The Bertz CT molecular complexity index is 1810. The first kappa shape index (κ1) is 30.9. The number of halogens is 5. The Hall–Kier alpha value is -4.13. The second-order valence-corrected chi connectivity index (χ2v) is 11.6. The van der Waals surface area contributed by atoms with Crippen LogP contribution in [0.4, 0.5) is 22.0 Å². The molecule has 0 radical (unpaired) electrons. The highest BCUT2D eigenvalue weighted by molar-refractivity contribution is 5.35. The number of likely N-dealkylation sites (tertiary alicyclic amines) is 1. The molecule has 3 heterocycles. The normalized spacial score (nSPS) is 17.0. The maximum atomic E-state index is 15.0. The Morgan fingerprint density at radius 1 is 0.867 bits per heavy atom. The van der Waals surface area contributed by atoms with E-state index < -0.39 is 52.6 Å². The SMILES string of the molecule is N[C@@H](Cn1c(=O)c2c(n(Cc3c(F)cccc3C(F)(F)F)c1=O)COC21CCN(Cc2ccc(F)cc2)CC1)c1ccccc1. The van der Waals surface area contributed by atoms with Crippen molar-refractivity contribution >= 4 is 0 Å². The summed E-state index contributed by atoms with van der Waals surface area (Å²) < 4.78 is 78.4. The summed E-state index contributed by atoms with van der Waals surface area (Å²) in [5.41, 5.74) is 3.79. The zero-order chi connectivity index (χ0) is 31.9. The van der Waals surface area contributed by atoms with E-state index in [2.05, 4.69) is 4.90 Å². The second kappa shape index (κ2) is 12.0. The first-order valence-electron chi connectivity index (χ1n) is 14.6. The predicted octanol–water partition coefficient (Wildman–Crippen LogP) is 5.08.